The zero-order valence-electron chi connectivity index (χ0n) is 14.4. The van der Waals surface area contributed by atoms with Crippen LogP contribution < -0.4 is 0 Å². The highest BCUT2D eigenvalue weighted by Gasteiger charge is 2.37. The van der Waals surface area contributed by atoms with Gasteiger partial charge in [-0.1, -0.05) is 29.8 Å². The topological polar surface area (TPSA) is 47.8 Å². The van der Waals surface area contributed by atoms with Gasteiger partial charge < -0.3 is 0 Å². The average Bonchev–Trinajstić information content (AvgIpc) is 3.06. The standard InChI is InChI=1S/C20H10ClF4N3O/c21-14-7-2-6-13(20(23,24)25)16(14)19(29)28-15-8-3-9-26-18(15)17(27-28)11-4-1-5-12(22)10-11/h1-10H. The Hall–Kier alpha value is -3.26. The summed E-state index contributed by atoms with van der Waals surface area (Å²) in [6, 6.07) is 11.5. The van der Waals surface area contributed by atoms with E-state index in [0.29, 0.717) is 5.56 Å². The second kappa shape index (κ2) is 6.97. The molecule has 2 aromatic heterocycles. The Morgan fingerprint density at radius 3 is 2.52 bits per heavy atom. The van der Waals surface area contributed by atoms with Crippen molar-refractivity contribution in [3.05, 3.63) is 82.8 Å². The lowest BCUT2D eigenvalue weighted by atomic mass is 10.1. The van der Waals surface area contributed by atoms with Gasteiger partial charge in [-0.15, -0.1) is 0 Å². The van der Waals surface area contributed by atoms with Crippen molar-refractivity contribution in [2.24, 2.45) is 0 Å². The predicted molar refractivity (Wildman–Crippen MR) is 99.1 cm³/mol. The van der Waals surface area contributed by atoms with Crippen LogP contribution in [-0.4, -0.2) is 20.7 Å². The molecule has 0 spiro atoms. The first-order valence-corrected chi connectivity index (χ1v) is 8.65. The van der Waals surface area contributed by atoms with Gasteiger partial charge >= 0.3 is 6.18 Å². The highest BCUT2D eigenvalue weighted by atomic mass is 35.5. The van der Waals surface area contributed by atoms with Crippen LogP contribution in [0.4, 0.5) is 17.6 Å². The zero-order chi connectivity index (χ0) is 20.8. The second-order valence-electron chi connectivity index (χ2n) is 6.11. The average molecular weight is 420 g/mol. The number of fused-ring (bicyclic) bond motifs is 1. The number of nitrogens with zero attached hydrogens (tertiary/aromatic N) is 3. The summed E-state index contributed by atoms with van der Waals surface area (Å²) in [5, 5.41) is 3.80. The molecule has 0 aliphatic carbocycles. The number of pyridine rings is 1. The van der Waals surface area contributed by atoms with Gasteiger partial charge in [0.05, 0.1) is 21.7 Å². The third-order valence-electron chi connectivity index (χ3n) is 4.26. The van der Waals surface area contributed by atoms with Crippen LogP contribution in [0.15, 0.2) is 60.8 Å². The van der Waals surface area contributed by atoms with Crippen LogP contribution in [0.25, 0.3) is 22.3 Å². The van der Waals surface area contributed by atoms with Crippen molar-refractivity contribution in [3.8, 4) is 11.3 Å². The Balaban J connectivity index is 1.96. The number of hydrogen-bond acceptors (Lipinski definition) is 3. The lowest BCUT2D eigenvalue weighted by Gasteiger charge is -2.13. The fourth-order valence-electron chi connectivity index (χ4n) is 3.02. The van der Waals surface area contributed by atoms with Gasteiger partial charge in [0.1, 0.15) is 17.0 Å². The molecule has 146 valence electrons. The quantitative estimate of drug-likeness (QED) is 0.397. The van der Waals surface area contributed by atoms with Crippen LogP contribution in [0.3, 0.4) is 0 Å². The summed E-state index contributed by atoms with van der Waals surface area (Å²) in [6.45, 7) is 0. The molecular weight excluding hydrogens is 410 g/mol. The van der Waals surface area contributed by atoms with Crippen LogP contribution in [0.2, 0.25) is 5.02 Å². The fourth-order valence-corrected chi connectivity index (χ4v) is 3.28. The fraction of sp³-hybridized carbons (Fsp3) is 0.0500. The van der Waals surface area contributed by atoms with Crippen molar-refractivity contribution in [1.29, 1.82) is 0 Å². The Kier molecular flexibility index (Phi) is 4.58. The van der Waals surface area contributed by atoms with Crippen molar-refractivity contribution < 1.29 is 22.4 Å². The van der Waals surface area contributed by atoms with Crippen LogP contribution >= 0.6 is 11.6 Å². The molecule has 0 aliphatic heterocycles. The minimum Gasteiger partial charge on any atom is -0.267 e. The van der Waals surface area contributed by atoms with E-state index in [4.69, 9.17) is 11.6 Å². The lowest BCUT2D eigenvalue weighted by molar-refractivity contribution is -0.137. The molecule has 0 saturated heterocycles. The summed E-state index contributed by atoms with van der Waals surface area (Å²) in [6.07, 6.45) is -3.35. The molecule has 0 aliphatic rings. The van der Waals surface area contributed by atoms with Gasteiger partial charge in [0.2, 0.25) is 0 Å². The van der Waals surface area contributed by atoms with E-state index in [-0.39, 0.29) is 21.7 Å². The predicted octanol–water partition coefficient (Wildman–Crippen LogP) is 5.60. The molecule has 0 amide bonds. The monoisotopic (exact) mass is 419 g/mol. The molecule has 2 heterocycles. The van der Waals surface area contributed by atoms with Gasteiger partial charge in [-0.3, -0.25) is 9.78 Å². The number of rotatable bonds is 2. The minimum absolute atomic E-state index is 0.161. The number of halogens is 5. The number of carbonyl (C=O) groups excluding carboxylic acids is 1. The third kappa shape index (κ3) is 3.36. The smallest absolute Gasteiger partial charge is 0.267 e. The van der Waals surface area contributed by atoms with E-state index in [1.54, 1.807) is 6.07 Å². The maximum atomic E-state index is 13.7. The van der Waals surface area contributed by atoms with Gasteiger partial charge in [-0.2, -0.15) is 23.0 Å². The van der Waals surface area contributed by atoms with E-state index < -0.39 is 29.0 Å². The zero-order valence-corrected chi connectivity index (χ0v) is 15.2. The first-order valence-electron chi connectivity index (χ1n) is 8.27. The molecule has 4 nitrogen and oxygen atoms in total. The molecular formula is C20H10ClF4N3O. The molecule has 0 fully saturated rings. The normalized spacial score (nSPS) is 11.8. The molecule has 4 aromatic rings. The Morgan fingerprint density at radius 1 is 1.03 bits per heavy atom. The minimum atomic E-state index is -4.79. The molecule has 0 saturated carbocycles. The van der Waals surface area contributed by atoms with Crippen LogP contribution in [0.1, 0.15) is 15.9 Å². The Labute approximate surface area is 166 Å². The number of alkyl halides is 3. The van der Waals surface area contributed by atoms with Gasteiger partial charge in [0, 0.05) is 11.8 Å². The van der Waals surface area contributed by atoms with Crippen molar-refractivity contribution >= 4 is 28.5 Å². The molecule has 29 heavy (non-hydrogen) atoms. The summed E-state index contributed by atoms with van der Waals surface area (Å²) >= 11 is 5.95. The largest absolute Gasteiger partial charge is 0.417 e. The summed E-state index contributed by atoms with van der Waals surface area (Å²) < 4.78 is 54.8. The third-order valence-corrected chi connectivity index (χ3v) is 4.58. The summed E-state index contributed by atoms with van der Waals surface area (Å²) in [4.78, 5) is 17.2. The van der Waals surface area contributed by atoms with Gasteiger partial charge in [-0.25, -0.2) is 4.39 Å². The maximum Gasteiger partial charge on any atom is 0.417 e. The van der Waals surface area contributed by atoms with Crippen molar-refractivity contribution in [1.82, 2.24) is 14.8 Å². The van der Waals surface area contributed by atoms with Crippen molar-refractivity contribution in [2.75, 3.05) is 0 Å². The molecule has 0 radical (unpaired) electrons. The van der Waals surface area contributed by atoms with Gasteiger partial charge in [-0.05, 0) is 36.4 Å². The van der Waals surface area contributed by atoms with Gasteiger partial charge in [0.15, 0.2) is 0 Å². The highest BCUT2D eigenvalue weighted by molar-refractivity contribution is 6.34. The number of hydrogen-bond donors (Lipinski definition) is 0. The first-order chi connectivity index (χ1) is 13.8. The second-order valence-corrected chi connectivity index (χ2v) is 6.51. The lowest BCUT2D eigenvalue weighted by Crippen LogP contribution is -2.20. The van der Waals surface area contributed by atoms with E-state index in [2.05, 4.69) is 10.1 Å². The van der Waals surface area contributed by atoms with Crippen LogP contribution in [0.5, 0.6) is 0 Å². The molecule has 0 unspecified atom stereocenters. The molecule has 0 atom stereocenters. The van der Waals surface area contributed by atoms with E-state index in [1.165, 1.54) is 42.6 Å². The molecule has 2 aromatic carbocycles. The number of carbonyl (C=O) groups is 1. The molecule has 0 N–H and O–H groups in total. The van der Waals surface area contributed by atoms with E-state index in [9.17, 15) is 22.4 Å². The number of benzene rings is 2. The highest BCUT2D eigenvalue weighted by Crippen LogP contribution is 2.36. The van der Waals surface area contributed by atoms with E-state index in [1.807, 2.05) is 0 Å². The summed E-state index contributed by atoms with van der Waals surface area (Å²) in [5.74, 6) is -1.60. The van der Waals surface area contributed by atoms with Crippen molar-refractivity contribution in [2.45, 2.75) is 6.18 Å². The number of aromatic nitrogens is 3. The first kappa shape index (κ1) is 19.1. The Morgan fingerprint density at radius 2 is 1.79 bits per heavy atom. The van der Waals surface area contributed by atoms with Crippen LogP contribution in [-0.2, 0) is 6.18 Å². The SMILES string of the molecule is O=C(c1c(Cl)cccc1C(F)(F)F)n1nc(-c2cccc(F)c2)c2ncccc21. The summed E-state index contributed by atoms with van der Waals surface area (Å²) in [7, 11) is 0. The maximum absolute atomic E-state index is 13.7. The molecule has 4 rings (SSSR count). The van der Waals surface area contributed by atoms with Crippen LogP contribution in [0, 0.1) is 5.82 Å². The van der Waals surface area contributed by atoms with E-state index in [0.717, 1.165) is 16.8 Å². The van der Waals surface area contributed by atoms with Gasteiger partial charge in [0.25, 0.3) is 5.91 Å². The van der Waals surface area contributed by atoms with E-state index >= 15 is 0 Å². The summed E-state index contributed by atoms with van der Waals surface area (Å²) in [5.41, 5.74) is -0.989. The Bertz CT molecular complexity index is 1250. The molecule has 9 heteroatoms. The van der Waals surface area contributed by atoms with Crippen molar-refractivity contribution in [3.63, 3.8) is 0 Å². The molecule has 0 bridgehead atoms.